The molecule has 2 fully saturated rings. The van der Waals surface area contributed by atoms with Crippen LogP contribution in [0.4, 0.5) is 101 Å². The molecule has 4 aromatic rings. The van der Waals surface area contributed by atoms with Crippen LogP contribution >= 0.6 is 0 Å². The van der Waals surface area contributed by atoms with E-state index in [0.29, 0.717) is 24.7 Å². The van der Waals surface area contributed by atoms with E-state index >= 15 is 0 Å². The van der Waals surface area contributed by atoms with Crippen molar-refractivity contribution in [3.05, 3.63) is 72.6 Å². The Labute approximate surface area is 428 Å². The molecular weight excluding hydrogens is 1130 g/mol. The van der Waals surface area contributed by atoms with E-state index in [9.17, 15) is 29.4 Å². The molecule has 0 bridgehead atoms. The number of benzene rings is 2. The van der Waals surface area contributed by atoms with E-state index in [-0.39, 0.29) is 35.7 Å². The number of imidazole rings is 2. The van der Waals surface area contributed by atoms with Crippen LogP contribution in [-0.2, 0) is 19.2 Å². The predicted octanol–water partition coefficient (Wildman–Crippen LogP) is 13.7. The van der Waals surface area contributed by atoms with Gasteiger partial charge in [-0.15, -0.1) is 0 Å². The quantitative estimate of drug-likeness (QED) is 0.0711. The van der Waals surface area contributed by atoms with Gasteiger partial charge in [0.05, 0.1) is 35.9 Å². The summed E-state index contributed by atoms with van der Waals surface area (Å²) < 4.78 is 176. The fraction of sp³-hybridized carbons (Fsp3) is 0.476. The first kappa shape index (κ1) is 82.5. The lowest BCUT2D eigenvalue weighted by Gasteiger charge is -2.27. The third-order valence-corrected chi connectivity index (χ3v) is 10.9. The fourth-order valence-electron chi connectivity index (χ4n) is 7.44. The van der Waals surface area contributed by atoms with Gasteiger partial charge in [-0.3, -0.25) is 19.2 Å². The van der Waals surface area contributed by atoms with Gasteiger partial charge < -0.3 is 40.6 Å². The Morgan fingerprint density at radius 1 is 0.462 bits per heavy atom. The molecule has 0 radical (unpaired) electrons. The molecule has 78 heavy (non-hydrogen) atoms. The molecule has 6 N–H and O–H groups in total. The van der Waals surface area contributed by atoms with Crippen LogP contribution in [0.2, 0.25) is 0 Å². The molecule has 2 aliphatic heterocycles. The summed E-state index contributed by atoms with van der Waals surface area (Å²) in [5, 5.41) is 25.5. The number of aliphatic hydroxyl groups excluding tert-OH is 2. The maximum atomic E-state index is 13.3. The minimum atomic E-state index is -1.17. The highest BCUT2D eigenvalue weighted by molar-refractivity contribution is 5.90. The van der Waals surface area contributed by atoms with E-state index in [1.807, 2.05) is 24.3 Å². The number of hydrogen-bond acceptors (Lipinski definition) is 8. The molecule has 2 aromatic carbocycles. The SMILES string of the molecule is CC(C)[C@@H](O)C(=O)N[C@@H](C)C(=O)N1CCCC1c1ncc(-c2ccc(-c3ccc(-c4cnc([C@@H]5CCCN5C(=O)[C@H](C)NC(=O)[C@H](O)C(C)C)[nH]4)cc3)cc2)[nH]1.FF.FF.FF.FF.FF.FF.FF.FF.FF.FF.FF. The standard InChI is InChI=1S/C42H54N8O6.11F2/c1-23(2)35(51)39(53)45-25(5)41(55)49-19-7-9-33(49)37-43-21-31(47-37)29-15-11-27(12-16-29)28-13-17-30(18-14-28)32-22-44-38(48-32)34-10-8-20-50(34)42(56)26(6)46-40(54)36(52)24(3)4;11*1-2/h11-18,21-26,33-36,51-52H,7-10,19-20H2,1-6H3,(H,43,47)(H,44,48)(H,45,53)(H,46,54);;;;;;;;;;;/t25-,26-,33-,34?,35+,36+;;;;;;;;;;;/m0.........../s1. The van der Waals surface area contributed by atoms with E-state index < -0.39 is 36.1 Å². The maximum absolute atomic E-state index is 13.3. The highest BCUT2D eigenvalue weighted by Crippen LogP contribution is 2.34. The van der Waals surface area contributed by atoms with Crippen LogP contribution in [-0.4, -0.2) is 101 Å². The first-order chi connectivity index (χ1) is 37.7. The van der Waals surface area contributed by atoms with Crippen molar-refractivity contribution in [3.8, 4) is 33.6 Å². The first-order valence-corrected chi connectivity index (χ1v) is 21.2. The van der Waals surface area contributed by atoms with Gasteiger partial charge in [-0.2, -0.15) is 0 Å². The number of rotatable bonds is 13. The Hall–Kier alpha value is -6.88. The highest BCUT2D eigenvalue weighted by atomic mass is 20.0. The van der Waals surface area contributed by atoms with Crippen LogP contribution in [0.3, 0.4) is 0 Å². The number of amides is 4. The van der Waals surface area contributed by atoms with Crippen molar-refractivity contribution in [2.75, 3.05) is 13.1 Å². The molecule has 36 heteroatoms. The number of H-pyrrole nitrogens is 2. The minimum Gasteiger partial charge on any atom is -0.383 e. The molecule has 2 aromatic heterocycles. The summed E-state index contributed by atoms with van der Waals surface area (Å²) >= 11 is 0. The molecule has 1 unspecified atom stereocenters. The number of carbonyl (C=O) groups excluding carboxylic acids is 4. The second-order valence-electron chi connectivity index (χ2n) is 15.7. The zero-order chi connectivity index (χ0) is 62.3. The van der Waals surface area contributed by atoms with E-state index in [1.54, 1.807) is 63.7 Å². The molecule has 2 aliphatic rings. The lowest BCUT2D eigenvalue weighted by atomic mass is 10.0. The van der Waals surface area contributed by atoms with Gasteiger partial charge in [0, 0.05) is 114 Å². The molecule has 452 valence electrons. The summed E-state index contributed by atoms with van der Waals surface area (Å²) in [6, 6.07) is 14.3. The molecule has 6 rings (SSSR count). The molecule has 14 nitrogen and oxygen atoms in total. The van der Waals surface area contributed by atoms with E-state index in [2.05, 4.69) is 54.8 Å². The van der Waals surface area contributed by atoms with E-state index in [4.69, 9.17) is 101 Å². The molecule has 4 amide bonds. The zero-order valence-electron chi connectivity index (χ0n) is 41.3. The van der Waals surface area contributed by atoms with Crippen molar-refractivity contribution >= 4 is 23.6 Å². The fourth-order valence-corrected chi connectivity index (χ4v) is 7.44. The second-order valence-corrected chi connectivity index (χ2v) is 15.7. The van der Waals surface area contributed by atoms with Gasteiger partial charge in [0.1, 0.15) is 35.9 Å². The van der Waals surface area contributed by atoms with Gasteiger partial charge >= 0.3 is 0 Å². The summed E-state index contributed by atoms with van der Waals surface area (Å²) in [6.07, 6.45) is 4.37. The molecule has 0 aliphatic carbocycles. The molecule has 2 saturated heterocycles. The molecule has 4 heterocycles. The van der Waals surface area contributed by atoms with Crippen LogP contribution in [0, 0.1) is 11.8 Å². The average Bonchev–Trinajstić information content (AvgIpc) is 4.39. The molecular formula is C42H54F22N8O6. The van der Waals surface area contributed by atoms with Crippen molar-refractivity contribution < 1.29 is 130 Å². The molecule has 0 saturated carbocycles. The highest BCUT2D eigenvalue weighted by Gasteiger charge is 2.37. The second kappa shape index (κ2) is 50.9. The van der Waals surface area contributed by atoms with Crippen LogP contribution in [0.5, 0.6) is 0 Å². The minimum absolute atomic E-state index is 0.205. The summed E-state index contributed by atoms with van der Waals surface area (Å²) in [6.45, 7) is 11.4. The van der Waals surface area contributed by atoms with Gasteiger partial charge in [-0.1, -0.05) is 76.2 Å². The number of hydrogen-bond donors (Lipinski definition) is 6. The van der Waals surface area contributed by atoms with Crippen molar-refractivity contribution in [1.29, 1.82) is 0 Å². The van der Waals surface area contributed by atoms with Gasteiger partial charge in [-0.05, 0) is 73.6 Å². The Kier molecular flexibility index (Phi) is 53.8. The first-order valence-electron chi connectivity index (χ1n) is 21.2. The Morgan fingerprint density at radius 3 is 0.949 bits per heavy atom. The lowest BCUT2D eigenvalue weighted by molar-refractivity contribution is -0.140. The third kappa shape index (κ3) is 26.0. The summed E-state index contributed by atoms with van der Waals surface area (Å²) in [5.41, 5.74) is 5.67. The molecule has 6 atom stereocenters. The predicted molar refractivity (Wildman–Crippen MR) is 236 cm³/mol. The number of aromatic nitrogens is 4. The van der Waals surface area contributed by atoms with Gasteiger partial charge in [0.2, 0.25) is 23.6 Å². The van der Waals surface area contributed by atoms with Crippen molar-refractivity contribution in [1.82, 2.24) is 40.4 Å². The van der Waals surface area contributed by atoms with Gasteiger partial charge in [-0.25, -0.2) is 9.97 Å². The lowest BCUT2D eigenvalue weighted by Crippen LogP contribution is -2.50. The smallest absolute Gasteiger partial charge is 0.249 e. The molecule has 0 spiro atoms. The number of likely N-dealkylation sites (tertiary alicyclic amines) is 2. The zero-order valence-corrected chi connectivity index (χ0v) is 41.3. The average molecular weight is 1180 g/mol. The number of aromatic amines is 2. The number of aliphatic hydroxyl groups is 2. The Morgan fingerprint density at radius 2 is 0.705 bits per heavy atom. The number of nitrogens with one attached hydrogen (secondary N) is 4. The number of carbonyl (C=O) groups is 4. The summed E-state index contributed by atoms with van der Waals surface area (Å²) in [4.78, 5) is 71.0. The van der Waals surface area contributed by atoms with E-state index in [0.717, 1.165) is 59.3 Å². The summed E-state index contributed by atoms with van der Waals surface area (Å²) in [7, 11) is 0. The van der Waals surface area contributed by atoms with Crippen LogP contribution in [0.1, 0.15) is 91.0 Å². The third-order valence-electron chi connectivity index (χ3n) is 10.9. The van der Waals surface area contributed by atoms with E-state index in [1.165, 1.54) is 0 Å². The number of nitrogens with zero attached hydrogens (tertiary/aromatic N) is 4. The number of halogens is 22. The maximum Gasteiger partial charge on any atom is 0.249 e. The normalized spacial score (nSPS) is 14.7. The Bertz CT molecular complexity index is 1930. The van der Waals surface area contributed by atoms with Crippen LogP contribution in [0.15, 0.2) is 60.9 Å². The van der Waals surface area contributed by atoms with Crippen LogP contribution < -0.4 is 10.6 Å². The van der Waals surface area contributed by atoms with Crippen molar-refractivity contribution in [3.63, 3.8) is 0 Å². The monoisotopic (exact) mass is 1180 g/mol. The van der Waals surface area contributed by atoms with Gasteiger partial charge in [0.25, 0.3) is 0 Å². The largest absolute Gasteiger partial charge is 0.383 e. The Balaban J connectivity index is -0.000000525. The topological polar surface area (TPSA) is 197 Å². The van der Waals surface area contributed by atoms with Crippen LogP contribution in [0.25, 0.3) is 33.6 Å². The van der Waals surface area contributed by atoms with Crippen molar-refractivity contribution in [2.24, 2.45) is 11.8 Å². The van der Waals surface area contributed by atoms with Gasteiger partial charge in [0.15, 0.2) is 0 Å². The summed E-state index contributed by atoms with van der Waals surface area (Å²) in [5.74, 6) is -0.625. The van der Waals surface area contributed by atoms with Crippen molar-refractivity contribution in [2.45, 2.75) is 104 Å².